The van der Waals surface area contributed by atoms with E-state index in [1.165, 1.54) is 5.56 Å². The van der Waals surface area contributed by atoms with Crippen LogP contribution in [0.2, 0.25) is 0 Å². The molecule has 3 nitrogen and oxygen atoms in total. The molecule has 0 bridgehead atoms. The van der Waals surface area contributed by atoms with E-state index in [0.717, 1.165) is 26.2 Å². The highest BCUT2D eigenvalue weighted by Crippen LogP contribution is 2.35. The van der Waals surface area contributed by atoms with Crippen molar-refractivity contribution in [3.63, 3.8) is 0 Å². The zero-order chi connectivity index (χ0) is 15.9. The van der Waals surface area contributed by atoms with Gasteiger partial charge in [-0.05, 0) is 25.3 Å². The largest absolute Gasteiger partial charge is 0.298 e. The third-order valence-corrected chi connectivity index (χ3v) is 4.77. The van der Waals surface area contributed by atoms with Gasteiger partial charge in [0.2, 0.25) is 0 Å². The number of thiophene rings is 1. The molecule has 0 fully saturated rings. The van der Waals surface area contributed by atoms with E-state index in [1.807, 2.05) is 0 Å². The molecule has 4 heteroatoms. The summed E-state index contributed by atoms with van der Waals surface area (Å²) in [6.45, 7) is 9.05. The van der Waals surface area contributed by atoms with Crippen molar-refractivity contribution in [2.45, 2.75) is 34.2 Å². The zero-order valence-corrected chi connectivity index (χ0v) is 14.2. The molecule has 0 N–H and O–H groups in total. The highest BCUT2D eigenvalue weighted by atomic mass is 32.1. The summed E-state index contributed by atoms with van der Waals surface area (Å²) in [7, 11) is 0. The molecule has 0 aliphatic carbocycles. The van der Waals surface area contributed by atoms with E-state index in [-0.39, 0.29) is 5.56 Å². The highest BCUT2D eigenvalue weighted by Gasteiger charge is 2.17. The van der Waals surface area contributed by atoms with Crippen LogP contribution < -0.4 is 5.56 Å². The maximum atomic E-state index is 12.9. The van der Waals surface area contributed by atoms with Crippen LogP contribution >= 0.6 is 11.3 Å². The fourth-order valence-corrected chi connectivity index (χ4v) is 3.73. The van der Waals surface area contributed by atoms with Crippen molar-refractivity contribution < 1.29 is 0 Å². The van der Waals surface area contributed by atoms with Crippen molar-refractivity contribution >= 4 is 21.6 Å². The molecule has 0 radical (unpaired) electrons. The fourth-order valence-electron chi connectivity index (χ4n) is 2.73. The summed E-state index contributed by atoms with van der Waals surface area (Å²) in [6, 6.07) is 8.34. The average Bonchev–Trinajstić information content (AvgIpc) is 2.80. The minimum Gasteiger partial charge on any atom is -0.298 e. The maximum absolute atomic E-state index is 12.9. The third-order valence-electron chi connectivity index (χ3n) is 3.76. The molecule has 2 aromatic heterocycles. The van der Waals surface area contributed by atoms with Crippen molar-refractivity contribution in [1.29, 1.82) is 0 Å². The molecule has 1 aromatic carbocycles. The van der Waals surface area contributed by atoms with Gasteiger partial charge in [0.1, 0.15) is 4.83 Å². The number of aryl methyl sites for hydroxylation is 2. The van der Waals surface area contributed by atoms with Gasteiger partial charge in [0.05, 0.1) is 11.7 Å². The Balaban J connectivity index is 2.27. The van der Waals surface area contributed by atoms with E-state index >= 15 is 0 Å². The van der Waals surface area contributed by atoms with Crippen LogP contribution in [0, 0.1) is 19.8 Å². The molecular formula is C18H20N2OS. The molecule has 0 amide bonds. The summed E-state index contributed by atoms with van der Waals surface area (Å²) in [4.78, 5) is 19.3. The van der Waals surface area contributed by atoms with Crippen molar-refractivity contribution in [2.24, 2.45) is 5.92 Å². The van der Waals surface area contributed by atoms with Gasteiger partial charge < -0.3 is 0 Å². The Labute approximate surface area is 134 Å². The van der Waals surface area contributed by atoms with Crippen LogP contribution in [0.25, 0.3) is 21.3 Å². The first-order chi connectivity index (χ1) is 10.5. The number of benzene rings is 1. The lowest BCUT2D eigenvalue weighted by Crippen LogP contribution is -2.22. The Morgan fingerprint density at radius 3 is 2.50 bits per heavy atom. The Bertz CT molecular complexity index is 872. The fraction of sp³-hybridized carbons (Fsp3) is 0.333. The van der Waals surface area contributed by atoms with Gasteiger partial charge in [0.25, 0.3) is 5.56 Å². The molecule has 2 heterocycles. The number of nitrogens with zero attached hydrogens (tertiary/aromatic N) is 2. The molecule has 22 heavy (non-hydrogen) atoms. The summed E-state index contributed by atoms with van der Waals surface area (Å²) in [6.07, 6.45) is 1.68. The van der Waals surface area contributed by atoms with Gasteiger partial charge in [-0.3, -0.25) is 9.36 Å². The molecule has 0 saturated carbocycles. The number of hydrogen-bond donors (Lipinski definition) is 0. The van der Waals surface area contributed by atoms with Crippen LogP contribution in [0.3, 0.4) is 0 Å². The Morgan fingerprint density at radius 2 is 1.86 bits per heavy atom. The second-order valence-corrected chi connectivity index (χ2v) is 7.38. The van der Waals surface area contributed by atoms with Crippen LogP contribution in [-0.2, 0) is 6.54 Å². The predicted molar refractivity (Wildman–Crippen MR) is 93.6 cm³/mol. The average molecular weight is 312 g/mol. The third kappa shape index (κ3) is 2.59. The Morgan fingerprint density at radius 1 is 1.18 bits per heavy atom. The Hall–Kier alpha value is -1.94. The van der Waals surface area contributed by atoms with Gasteiger partial charge >= 0.3 is 0 Å². The predicted octanol–water partition coefficient (Wildman–Crippen LogP) is 4.40. The van der Waals surface area contributed by atoms with Crippen molar-refractivity contribution in [3.8, 4) is 11.1 Å². The van der Waals surface area contributed by atoms with Crippen molar-refractivity contribution in [1.82, 2.24) is 9.55 Å². The first-order valence-electron chi connectivity index (χ1n) is 7.53. The molecule has 0 spiro atoms. The van der Waals surface area contributed by atoms with Gasteiger partial charge in [-0.15, -0.1) is 11.3 Å². The summed E-state index contributed by atoms with van der Waals surface area (Å²) in [5, 5.41) is 0.759. The quantitative estimate of drug-likeness (QED) is 0.718. The molecule has 0 aliphatic heterocycles. The maximum Gasteiger partial charge on any atom is 0.262 e. The molecule has 0 aliphatic rings. The van der Waals surface area contributed by atoms with Gasteiger partial charge in [0.15, 0.2) is 0 Å². The van der Waals surface area contributed by atoms with E-state index in [4.69, 9.17) is 0 Å². The van der Waals surface area contributed by atoms with Crippen molar-refractivity contribution in [3.05, 3.63) is 51.4 Å². The molecular weight excluding hydrogens is 292 g/mol. The van der Waals surface area contributed by atoms with Crippen LogP contribution in [0.4, 0.5) is 0 Å². The number of hydrogen-bond acceptors (Lipinski definition) is 3. The molecule has 114 valence electrons. The van der Waals surface area contributed by atoms with E-state index in [2.05, 4.69) is 56.9 Å². The van der Waals surface area contributed by atoms with Gasteiger partial charge in [-0.25, -0.2) is 4.98 Å². The van der Waals surface area contributed by atoms with E-state index in [1.54, 1.807) is 22.2 Å². The molecule has 0 saturated heterocycles. The van der Waals surface area contributed by atoms with Gasteiger partial charge in [0, 0.05) is 17.0 Å². The Kier molecular flexibility index (Phi) is 3.87. The summed E-state index contributed by atoms with van der Waals surface area (Å²) in [5.41, 5.74) is 3.42. The van der Waals surface area contributed by atoms with Crippen LogP contribution in [0.1, 0.15) is 24.3 Å². The first-order valence-corrected chi connectivity index (χ1v) is 8.34. The van der Waals surface area contributed by atoms with E-state index in [0.29, 0.717) is 12.5 Å². The zero-order valence-electron chi connectivity index (χ0n) is 13.4. The summed E-state index contributed by atoms with van der Waals surface area (Å²) >= 11 is 1.60. The number of fused-ring (bicyclic) bond motifs is 1. The molecule has 0 unspecified atom stereocenters. The number of aromatic nitrogens is 2. The van der Waals surface area contributed by atoms with Gasteiger partial charge in [-0.2, -0.15) is 0 Å². The summed E-state index contributed by atoms with van der Waals surface area (Å²) in [5.74, 6) is 0.416. The highest BCUT2D eigenvalue weighted by molar-refractivity contribution is 7.19. The van der Waals surface area contributed by atoms with Gasteiger partial charge in [-0.1, -0.05) is 43.7 Å². The minimum atomic E-state index is 0.0682. The first kappa shape index (κ1) is 15.0. The molecule has 0 atom stereocenters. The lowest BCUT2D eigenvalue weighted by molar-refractivity contribution is 0.508. The lowest BCUT2D eigenvalue weighted by Gasteiger charge is -2.08. The second kappa shape index (κ2) is 5.69. The smallest absolute Gasteiger partial charge is 0.262 e. The minimum absolute atomic E-state index is 0.0682. The lowest BCUT2D eigenvalue weighted by atomic mass is 10.0. The topological polar surface area (TPSA) is 34.9 Å². The van der Waals surface area contributed by atoms with Crippen molar-refractivity contribution in [2.75, 3.05) is 0 Å². The standard InChI is InChI=1S/C18H20N2OS/c1-11(2)9-20-10-19-17-16(18(20)21)15(13(4)22-17)14-7-5-12(3)6-8-14/h5-8,10-11H,9H2,1-4H3. The second-order valence-electron chi connectivity index (χ2n) is 6.18. The normalized spacial score (nSPS) is 11.5. The summed E-state index contributed by atoms with van der Waals surface area (Å²) < 4.78 is 1.73. The molecule has 3 rings (SSSR count). The SMILES string of the molecule is Cc1ccc(-c2c(C)sc3ncn(CC(C)C)c(=O)c23)cc1. The van der Waals surface area contributed by atoms with E-state index < -0.39 is 0 Å². The number of rotatable bonds is 3. The van der Waals surface area contributed by atoms with Crippen LogP contribution in [-0.4, -0.2) is 9.55 Å². The molecule has 3 aromatic rings. The monoisotopic (exact) mass is 312 g/mol. The van der Waals surface area contributed by atoms with Crippen LogP contribution in [0.5, 0.6) is 0 Å². The van der Waals surface area contributed by atoms with E-state index in [9.17, 15) is 4.79 Å². The van der Waals surface area contributed by atoms with Crippen LogP contribution in [0.15, 0.2) is 35.4 Å².